The van der Waals surface area contributed by atoms with E-state index in [2.05, 4.69) is 15.7 Å². The van der Waals surface area contributed by atoms with Gasteiger partial charge in [0.2, 0.25) is 5.91 Å². The molecule has 4 heterocycles. The first-order chi connectivity index (χ1) is 17.1. The lowest BCUT2D eigenvalue weighted by molar-refractivity contribution is -0.117. The smallest absolute Gasteiger partial charge is 0.284 e. The highest BCUT2D eigenvalue weighted by molar-refractivity contribution is 8.00. The summed E-state index contributed by atoms with van der Waals surface area (Å²) in [5, 5.41) is 5.07. The van der Waals surface area contributed by atoms with Crippen molar-refractivity contribution in [1.82, 2.24) is 19.3 Å². The van der Waals surface area contributed by atoms with Crippen LogP contribution >= 0.6 is 11.8 Å². The molecule has 2 aromatic carbocycles. The number of anilines is 1. The van der Waals surface area contributed by atoms with Crippen LogP contribution in [0.3, 0.4) is 0 Å². The van der Waals surface area contributed by atoms with E-state index >= 15 is 0 Å². The summed E-state index contributed by atoms with van der Waals surface area (Å²) in [6.07, 6.45) is 4.85. The summed E-state index contributed by atoms with van der Waals surface area (Å²) in [7, 11) is 0. The first kappa shape index (κ1) is 22.1. The first-order valence-corrected chi connectivity index (χ1v) is 13.1. The molecule has 7 nitrogen and oxygen atoms in total. The second-order valence-corrected chi connectivity index (χ2v) is 10.5. The van der Waals surface area contributed by atoms with E-state index in [0.717, 1.165) is 60.9 Å². The molecule has 0 spiro atoms. The van der Waals surface area contributed by atoms with E-state index in [1.54, 1.807) is 0 Å². The molecule has 1 atom stereocenters. The van der Waals surface area contributed by atoms with Crippen molar-refractivity contribution in [3.8, 4) is 17.1 Å². The number of rotatable bonds is 4. The second-order valence-electron chi connectivity index (χ2n) is 9.18. The number of benzene rings is 2. The van der Waals surface area contributed by atoms with Gasteiger partial charge in [0.15, 0.2) is 11.0 Å². The van der Waals surface area contributed by atoms with E-state index in [0.29, 0.717) is 17.9 Å². The van der Waals surface area contributed by atoms with Gasteiger partial charge in [0.25, 0.3) is 5.56 Å². The van der Waals surface area contributed by atoms with Gasteiger partial charge in [0.05, 0.1) is 10.9 Å². The Balaban J connectivity index is 1.39. The van der Waals surface area contributed by atoms with E-state index in [-0.39, 0.29) is 16.7 Å². The zero-order chi connectivity index (χ0) is 23.9. The molecule has 4 aliphatic heterocycles. The van der Waals surface area contributed by atoms with Crippen molar-refractivity contribution >= 4 is 23.4 Å². The molecule has 1 amide bonds. The first-order valence-electron chi connectivity index (χ1n) is 12.3. The number of para-hydroxylation sites is 2. The molecule has 35 heavy (non-hydrogen) atoms. The summed E-state index contributed by atoms with van der Waals surface area (Å²) >= 11 is 1.47. The Hall–Kier alpha value is -3.39. The Morgan fingerprint density at radius 3 is 2.63 bits per heavy atom. The largest absolute Gasteiger partial charge is 0.324 e. The standard InChI is InChI=1S/C27H27N5O2S/c1-18(25(33)30-17-15-19-10-7-8-13-21(19)30)35-27-28-24-23(22-14-6-3-9-16-31(22)27)26(34)32(29-24)20-11-4-2-5-12-20/h2,4-5,7-8,10-13,18H,3,6,9,14-17H2,1H3. The summed E-state index contributed by atoms with van der Waals surface area (Å²) in [4.78, 5) is 33.6. The number of carbonyl (C=O) groups excluding carboxylic acids is 1. The van der Waals surface area contributed by atoms with Gasteiger partial charge in [0.1, 0.15) is 5.56 Å². The minimum atomic E-state index is -0.311. The molecule has 6 rings (SSSR count). The van der Waals surface area contributed by atoms with E-state index in [1.807, 2.05) is 60.4 Å². The van der Waals surface area contributed by atoms with E-state index in [4.69, 9.17) is 4.98 Å². The summed E-state index contributed by atoms with van der Waals surface area (Å²) < 4.78 is 3.62. The normalized spacial score (nSPS) is 16.1. The molecule has 0 aliphatic carbocycles. The molecule has 0 radical (unpaired) electrons. The van der Waals surface area contributed by atoms with Gasteiger partial charge in [-0.05, 0) is 56.4 Å². The number of carbonyl (C=O) groups is 1. The molecule has 4 aliphatic rings. The van der Waals surface area contributed by atoms with Crippen LogP contribution in [-0.4, -0.2) is 37.0 Å². The fourth-order valence-electron chi connectivity index (χ4n) is 5.18. The maximum atomic E-state index is 13.5. The van der Waals surface area contributed by atoms with Gasteiger partial charge in [0, 0.05) is 24.5 Å². The molecule has 0 saturated carbocycles. The summed E-state index contributed by atoms with van der Waals surface area (Å²) in [6, 6.07) is 17.6. The van der Waals surface area contributed by atoms with Gasteiger partial charge >= 0.3 is 0 Å². The molecule has 2 aromatic rings. The summed E-state index contributed by atoms with van der Waals surface area (Å²) in [5.41, 5.74) is 4.43. The summed E-state index contributed by atoms with van der Waals surface area (Å²) in [6.45, 7) is 3.46. The maximum absolute atomic E-state index is 13.5. The number of hydrogen-bond acceptors (Lipinski definition) is 5. The average molecular weight is 486 g/mol. The van der Waals surface area contributed by atoms with Crippen LogP contribution < -0.4 is 10.5 Å². The average Bonchev–Trinajstić information content (AvgIpc) is 3.36. The molecule has 0 saturated heterocycles. The number of hydrogen-bond donors (Lipinski definition) is 0. The third-order valence-electron chi connectivity index (χ3n) is 6.95. The van der Waals surface area contributed by atoms with Crippen LogP contribution in [0.5, 0.6) is 0 Å². The van der Waals surface area contributed by atoms with Crippen molar-refractivity contribution in [1.29, 1.82) is 0 Å². The Bertz CT molecular complexity index is 1430. The van der Waals surface area contributed by atoms with Gasteiger partial charge in [-0.1, -0.05) is 54.6 Å². The third-order valence-corrected chi connectivity index (χ3v) is 8.03. The highest BCUT2D eigenvalue weighted by Gasteiger charge is 2.31. The Morgan fingerprint density at radius 2 is 1.77 bits per heavy atom. The van der Waals surface area contributed by atoms with Crippen LogP contribution in [0.15, 0.2) is 64.5 Å². The lowest BCUT2D eigenvalue weighted by Gasteiger charge is -2.23. The number of nitrogens with zero attached hydrogens (tertiary/aromatic N) is 5. The fourth-order valence-corrected chi connectivity index (χ4v) is 6.19. The number of aromatic nitrogens is 4. The minimum Gasteiger partial charge on any atom is -0.324 e. The number of thioether (sulfide) groups is 1. The van der Waals surface area contributed by atoms with Crippen molar-refractivity contribution in [3.05, 3.63) is 76.2 Å². The zero-order valence-corrected chi connectivity index (χ0v) is 20.5. The molecule has 1 unspecified atom stereocenters. The predicted octanol–water partition coefficient (Wildman–Crippen LogP) is 4.33. The van der Waals surface area contributed by atoms with E-state index in [1.165, 1.54) is 22.0 Å². The highest BCUT2D eigenvalue weighted by atomic mass is 32.2. The van der Waals surface area contributed by atoms with Crippen molar-refractivity contribution in [2.45, 2.75) is 56.0 Å². The lowest BCUT2D eigenvalue weighted by atomic mass is 10.1. The maximum Gasteiger partial charge on any atom is 0.284 e. The van der Waals surface area contributed by atoms with Gasteiger partial charge in [-0.2, -0.15) is 4.68 Å². The molecule has 0 N–H and O–H groups in total. The van der Waals surface area contributed by atoms with Gasteiger partial charge in [-0.3, -0.25) is 9.59 Å². The van der Waals surface area contributed by atoms with E-state index in [9.17, 15) is 9.59 Å². The van der Waals surface area contributed by atoms with Crippen molar-refractivity contribution in [2.24, 2.45) is 0 Å². The molecule has 0 bridgehead atoms. The molecular weight excluding hydrogens is 458 g/mol. The van der Waals surface area contributed by atoms with E-state index < -0.39 is 0 Å². The lowest BCUT2D eigenvalue weighted by Crippen LogP contribution is -2.35. The summed E-state index contributed by atoms with van der Waals surface area (Å²) in [5.74, 6) is 0.546. The number of amides is 1. The van der Waals surface area contributed by atoms with Gasteiger partial charge in [-0.25, -0.2) is 4.98 Å². The number of fused-ring (bicyclic) bond motifs is 4. The third kappa shape index (κ3) is 3.86. The van der Waals surface area contributed by atoms with Crippen molar-refractivity contribution in [2.75, 3.05) is 11.4 Å². The molecule has 8 heteroatoms. The van der Waals surface area contributed by atoms with Crippen LogP contribution in [0, 0.1) is 0 Å². The van der Waals surface area contributed by atoms with Crippen molar-refractivity contribution in [3.63, 3.8) is 0 Å². The topological polar surface area (TPSA) is 73.0 Å². The Kier molecular flexibility index (Phi) is 5.68. The molecule has 0 fully saturated rings. The van der Waals surface area contributed by atoms with Gasteiger partial charge < -0.3 is 9.47 Å². The fraction of sp³-hybridized carbons (Fsp3) is 0.333. The monoisotopic (exact) mass is 485 g/mol. The molecular formula is C27H27N5O2S. The Morgan fingerprint density at radius 1 is 0.971 bits per heavy atom. The van der Waals surface area contributed by atoms with Crippen LogP contribution in [-0.2, 0) is 24.2 Å². The zero-order valence-electron chi connectivity index (χ0n) is 19.7. The Labute approximate surface area is 208 Å². The second kappa shape index (κ2) is 9.00. The van der Waals surface area contributed by atoms with Crippen LogP contribution in [0.1, 0.15) is 37.4 Å². The van der Waals surface area contributed by atoms with Gasteiger partial charge in [-0.15, -0.1) is 5.10 Å². The molecule has 178 valence electrons. The highest BCUT2D eigenvalue weighted by Crippen LogP contribution is 2.34. The SMILES string of the molecule is CC(Sc1nc2nn(-c3ccccc3)c(=O)c-2c2n1CCCCC2)C(=O)N1CCc2ccccc21. The van der Waals surface area contributed by atoms with Crippen molar-refractivity contribution < 1.29 is 4.79 Å². The van der Waals surface area contributed by atoms with Crippen LogP contribution in [0.2, 0.25) is 0 Å². The quantitative estimate of drug-likeness (QED) is 0.318. The minimum absolute atomic E-state index is 0.0872. The molecule has 0 aromatic heterocycles. The van der Waals surface area contributed by atoms with Crippen LogP contribution in [0.4, 0.5) is 5.69 Å². The predicted molar refractivity (Wildman–Crippen MR) is 138 cm³/mol. The van der Waals surface area contributed by atoms with Crippen LogP contribution in [0.25, 0.3) is 17.1 Å².